The highest BCUT2D eigenvalue weighted by molar-refractivity contribution is 7.14. The molecule has 0 aliphatic heterocycles. The maximum atomic E-state index is 13.3. The van der Waals surface area contributed by atoms with Crippen molar-refractivity contribution in [2.45, 2.75) is 19.9 Å². The van der Waals surface area contributed by atoms with Gasteiger partial charge in [0.05, 0.1) is 12.6 Å². The zero-order valence-corrected chi connectivity index (χ0v) is 14.8. The van der Waals surface area contributed by atoms with Gasteiger partial charge >= 0.3 is 0 Å². The van der Waals surface area contributed by atoms with Crippen LogP contribution in [0.2, 0.25) is 0 Å². The minimum atomic E-state index is -0.371. The van der Waals surface area contributed by atoms with Crippen molar-refractivity contribution in [3.63, 3.8) is 0 Å². The molecule has 2 rings (SSSR count). The van der Waals surface area contributed by atoms with E-state index in [1.54, 1.807) is 26.0 Å². The van der Waals surface area contributed by atoms with Gasteiger partial charge in [-0.15, -0.1) is 10.2 Å². The summed E-state index contributed by atoms with van der Waals surface area (Å²) < 4.78 is 13.3. The van der Waals surface area contributed by atoms with Gasteiger partial charge in [-0.25, -0.2) is 4.39 Å². The summed E-state index contributed by atoms with van der Waals surface area (Å²) in [6.07, 6.45) is 1.18. The monoisotopic (exact) mass is 362 g/mol. The first-order valence-electron chi connectivity index (χ1n) is 7.74. The number of halogens is 1. The third-order valence-corrected chi connectivity index (χ3v) is 4.62. The highest BCUT2D eigenvalue weighted by Crippen LogP contribution is 2.27. The van der Waals surface area contributed by atoms with Crippen molar-refractivity contribution in [3.8, 4) is 10.6 Å². The average molecular weight is 362 g/mol. The molecule has 1 aromatic heterocycles. The Morgan fingerprint density at radius 1 is 1.44 bits per heavy atom. The van der Waals surface area contributed by atoms with E-state index in [1.807, 2.05) is 0 Å². The van der Waals surface area contributed by atoms with Crippen LogP contribution in [0.5, 0.6) is 0 Å². The van der Waals surface area contributed by atoms with E-state index in [9.17, 15) is 14.0 Å². The van der Waals surface area contributed by atoms with Gasteiger partial charge in [-0.2, -0.15) is 0 Å². The molecule has 8 heteroatoms. The molecule has 1 atom stereocenters. The van der Waals surface area contributed by atoms with Gasteiger partial charge in [0.1, 0.15) is 15.8 Å². The van der Waals surface area contributed by atoms with E-state index < -0.39 is 0 Å². The van der Waals surface area contributed by atoms with Crippen LogP contribution in [0.3, 0.4) is 0 Å². The molecule has 0 spiro atoms. The summed E-state index contributed by atoms with van der Waals surface area (Å²) >= 11 is 1.28. The molecular formula is C17H19FN4O2S. The van der Waals surface area contributed by atoms with Gasteiger partial charge in [0, 0.05) is 12.1 Å². The Morgan fingerprint density at radius 2 is 2.20 bits per heavy atom. The largest absolute Gasteiger partial charge is 0.346 e. The molecule has 0 aliphatic carbocycles. The number of carbonyl (C=O) groups excluding carboxylic acids is 2. The maximum Gasteiger partial charge on any atom is 0.246 e. The van der Waals surface area contributed by atoms with E-state index in [0.717, 1.165) is 0 Å². The summed E-state index contributed by atoms with van der Waals surface area (Å²) in [5, 5.41) is 12.1. The van der Waals surface area contributed by atoms with Crippen molar-refractivity contribution in [3.05, 3.63) is 47.7 Å². The van der Waals surface area contributed by atoms with Gasteiger partial charge < -0.3 is 10.2 Å². The fourth-order valence-corrected chi connectivity index (χ4v) is 2.99. The van der Waals surface area contributed by atoms with Crippen LogP contribution < -0.4 is 5.32 Å². The maximum absolute atomic E-state index is 13.3. The lowest BCUT2D eigenvalue weighted by molar-refractivity contribution is -0.132. The summed E-state index contributed by atoms with van der Waals surface area (Å²) in [7, 11) is 0. The lowest BCUT2D eigenvalue weighted by Crippen LogP contribution is -2.40. The summed E-state index contributed by atoms with van der Waals surface area (Å²) in [6, 6.07) is 5.72. The summed E-state index contributed by atoms with van der Waals surface area (Å²) in [5.41, 5.74) is 0.635. The van der Waals surface area contributed by atoms with Crippen LogP contribution in [0.4, 0.5) is 4.39 Å². The normalized spacial score (nSPS) is 11.6. The number of hydrogen-bond acceptors (Lipinski definition) is 5. The first kappa shape index (κ1) is 18.7. The minimum Gasteiger partial charge on any atom is -0.346 e. The minimum absolute atomic E-state index is 0.0543. The molecule has 2 aromatic rings. The van der Waals surface area contributed by atoms with Crippen LogP contribution in [0.1, 0.15) is 24.9 Å². The van der Waals surface area contributed by atoms with Crippen LogP contribution >= 0.6 is 11.3 Å². The fourth-order valence-electron chi connectivity index (χ4n) is 2.14. The van der Waals surface area contributed by atoms with Crippen molar-refractivity contribution in [1.29, 1.82) is 0 Å². The van der Waals surface area contributed by atoms with Crippen LogP contribution in [-0.2, 0) is 9.59 Å². The Bertz CT molecular complexity index is 778. The standard InChI is InChI=1S/C17H19FN4O2S/c1-4-15(24)22(5-2)10-14(23)19-11(3)16-20-21-17(25-16)12-7-6-8-13(18)9-12/h4,6-9,11H,1,5,10H2,2-3H3,(H,19,23). The molecule has 1 aromatic carbocycles. The van der Waals surface area contributed by atoms with Crippen LogP contribution in [-0.4, -0.2) is 40.0 Å². The van der Waals surface area contributed by atoms with Crippen LogP contribution in [0.15, 0.2) is 36.9 Å². The molecule has 0 aliphatic rings. The molecule has 1 unspecified atom stereocenters. The van der Waals surface area contributed by atoms with Crippen molar-refractivity contribution >= 4 is 23.2 Å². The lowest BCUT2D eigenvalue weighted by atomic mass is 10.2. The lowest BCUT2D eigenvalue weighted by Gasteiger charge is -2.19. The fraction of sp³-hybridized carbons (Fsp3) is 0.294. The molecule has 0 saturated carbocycles. The van der Waals surface area contributed by atoms with Gasteiger partial charge in [0.25, 0.3) is 0 Å². The Morgan fingerprint density at radius 3 is 2.84 bits per heavy atom. The Labute approximate surface area is 149 Å². The van der Waals surface area contributed by atoms with Gasteiger partial charge in [0.15, 0.2) is 0 Å². The molecule has 2 amide bonds. The molecule has 132 valence electrons. The van der Waals surface area contributed by atoms with Crippen molar-refractivity contribution in [2.75, 3.05) is 13.1 Å². The van der Waals surface area contributed by atoms with E-state index in [0.29, 0.717) is 22.1 Å². The summed E-state index contributed by atoms with van der Waals surface area (Å²) in [6.45, 7) is 7.34. The number of likely N-dealkylation sites (N-methyl/N-ethyl adjacent to an activating group) is 1. The first-order valence-corrected chi connectivity index (χ1v) is 8.56. The summed E-state index contributed by atoms with van der Waals surface area (Å²) in [5.74, 6) is -0.941. The number of carbonyl (C=O) groups is 2. The highest BCUT2D eigenvalue weighted by Gasteiger charge is 2.18. The molecule has 0 fully saturated rings. The third kappa shape index (κ3) is 4.93. The zero-order chi connectivity index (χ0) is 18.4. The third-order valence-electron chi connectivity index (χ3n) is 3.46. The van der Waals surface area contributed by atoms with Gasteiger partial charge in [-0.3, -0.25) is 9.59 Å². The summed E-state index contributed by atoms with van der Waals surface area (Å²) in [4.78, 5) is 25.1. The number of amides is 2. The molecule has 25 heavy (non-hydrogen) atoms. The second-order valence-corrected chi connectivity index (χ2v) is 6.31. The smallest absolute Gasteiger partial charge is 0.246 e. The van der Waals surface area contributed by atoms with E-state index in [-0.39, 0.29) is 30.2 Å². The molecule has 0 bridgehead atoms. The molecule has 6 nitrogen and oxygen atoms in total. The van der Waals surface area contributed by atoms with Crippen molar-refractivity contribution < 1.29 is 14.0 Å². The molecular weight excluding hydrogens is 343 g/mol. The number of nitrogens with one attached hydrogen (secondary N) is 1. The van der Waals surface area contributed by atoms with E-state index >= 15 is 0 Å². The molecule has 1 heterocycles. The van der Waals surface area contributed by atoms with Gasteiger partial charge in [-0.1, -0.05) is 30.0 Å². The highest BCUT2D eigenvalue weighted by atomic mass is 32.1. The number of aromatic nitrogens is 2. The van der Waals surface area contributed by atoms with E-state index in [4.69, 9.17) is 0 Å². The Kier molecular flexibility index (Phi) is 6.35. The molecule has 0 radical (unpaired) electrons. The molecule has 0 saturated heterocycles. The number of hydrogen-bond donors (Lipinski definition) is 1. The molecule has 1 N–H and O–H groups in total. The van der Waals surface area contributed by atoms with E-state index in [2.05, 4.69) is 22.1 Å². The second kappa shape index (κ2) is 8.48. The quantitative estimate of drug-likeness (QED) is 0.768. The topological polar surface area (TPSA) is 75.2 Å². The zero-order valence-electron chi connectivity index (χ0n) is 14.0. The van der Waals surface area contributed by atoms with Crippen molar-refractivity contribution in [1.82, 2.24) is 20.4 Å². The van der Waals surface area contributed by atoms with Crippen LogP contribution in [0.25, 0.3) is 10.6 Å². The number of benzene rings is 1. The number of nitrogens with zero attached hydrogens (tertiary/aromatic N) is 3. The average Bonchev–Trinajstić information content (AvgIpc) is 3.09. The Balaban J connectivity index is 2.01. The Hall–Kier alpha value is -2.61. The predicted molar refractivity (Wildman–Crippen MR) is 94.3 cm³/mol. The van der Waals surface area contributed by atoms with Crippen LogP contribution in [0, 0.1) is 5.82 Å². The van der Waals surface area contributed by atoms with Gasteiger partial charge in [0.2, 0.25) is 11.8 Å². The first-order chi connectivity index (χ1) is 11.9. The number of rotatable bonds is 7. The SMILES string of the molecule is C=CC(=O)N(CC)CC(=O)NC(C)c1nnc(-c2cccc(F)c2)s1. The van der Waals surface area contributed by atoms with Gasteiger partial charge in [-0.05, 0) is 32.1 Å². The van der Waals surface area contributed by atoms with E-state index in [1.165, 1.54) is 34.4 Å². The predicted octanol–water partition coefficient (Wildman–Crippen LogP) is 2.56. The van der Waals surface area contributed by atoms with Crippen molar-refractivity contribution in [2.24, 2.45) is 0 Å². The second-order valence-electron chi connectivity index (χ2n) is 5.30.